The summed E-state index contributed by atoms with van der Waals surface area (Å²) in [6, 6.07) is 4.31. The minimum atomic E-state index is -0.922. The first kappa shape index (κ1) is 8.49. The zero-order valence-electron chi connectivity index (χ0n) is 6.93. The minimum absolute atomic E-state index is 0.0139. The zero-order valence-corrected chi connectivity index (χ0v) is 6.93. The smallest absolute Gasteiger partial charge is 0.429 e. The Morgan fingerprint density at radius 1 is 1.43 bits per heavy atom. The average molecular weight is 195 g/mol. The number of carbonyl (C=O) groups excluding carboxylic acids is 1. The van der Waals surface area contributed by atoms with Crippen molar-refractivity contribution in [2.24, 2.45) is 0 Å². The quantitative estimate of drug-likeness (QED) is 0.294. The van der Waals surface area contributed by atoms with E-state index in [4.69, 9.17) is 0 Å². The van der Waals surface area contributed by atoms with E-state index in [1.54, 1.807) is 6.07 Å². The van der Waals surface area contributed by atoms with Crippen LogP contribution < -0.4 is 4.74 Å². The van der Waals surface area contributed by atoms with Gasteiger partial charge in [0.25, 0.3) is 0 Å². The van der Waals surface area contributed by atoms with Crippen LogP contribution in [-0.2, 0) is 11.3 Å². The highest BCUT2D eigenvalue weighted by Crippen LogP contribution is 2.30. The summed E-state index contributed by atoms with van der Waals surface area (Å²) in [5, 5.41) is 10.6. The topological polar surface area (TPSA) is 78.7 Å². The molecule has 2 aliphatic rings. The first-order chi connectivity index (χ1) is 6.66. The molecule has 0 radical (unpaired) electrons. The largest absolute Gasteiger partial charge is 0.514 e. The first-order valence-electron chi connectivity index (χ1n) is 3.79. The van der Waals surface area contributed by atoms with Crippen molar-refractivity contribution in [2.45, 2.75) is 6.61 Å². The summed E-state index contributed by atoms with van der Waals surface area (Å²) in [5.41, 5.74) is 0.344. The number of nitro groups is 1. The van der Waals surface area contributed by atoms with Crippen molar-refractivity contribution >= 4 is 11.8 Å². The Kier molecular flexibility index (Phi) is 1.81. The van der Waals surface area contributed by atoms with E-state index in [1.165, 1.54) is 12.1 Å². The predicted molar refractivity (Wildman–Crippen MR) is 43.9 cm³/mol. The molecule has 6 nitrogen and oxygen atoms in total. The van der Waals surface area contributed by atoms with Crippen LogP contribution in [0.25, 0.3) is 0 Å². The molecule has 0 spiro atoms. The number of hydrogen-bond acceptors (Lipinski definition) is 5. The number of carbonyl (C=O) groups is 1. The van der Waals surface area contributed by atoms with Crippen LogP contribution in [0.2, 0.25) is 0 Å². The molecular weight excluding hydrogens is 190 g/mol. The number of nitrogens with zero attached hydrogens (tertiary/aromatic N) is 1. The molecule has 0 aliphatic carbocycles. The number of rotatable bonds is 1. The Hall–Kier alpha value is -2.11. The second-order valence-corrected chi connectivity index (χ2v) is 2.70. The van der Waals surface area contributed by atoms with E-state index >= 15 is 0 Å². The van der Waals surface area contributed by atoms with Crippen LogP contribution in [0.4, 0.5) is 10.5 Å². The van der Waals surface area contributed by atoms with Crippen LogP contribution in [0.5, 0.6) is 5.75 Å². The Labute approximate surface area is 78.2 Å². The maximum atomic E-state index is 10.8. The maximum Gasteiger partial charge on any atom is 0.514 e. The zero-order chi connectivity index (χ0) is 10.1. The van der Waals surface area contributed by atoms with E-state index in [0.29, 0.717) is 5.56 Å². The highest BCUT2D eigenvalue weighted by Gasteiger charge is 2.22. The normalized spacial score (nSPS) is 13.9. The lowest BCUT2D eigenvalue weighted by Gasteiger charge is -2.11. The van der Waals surface area contributed by atoms with Crippen LogP contribution in [0, 0.1) is 10.1 Å². The van der Waals surface area contributed by atoms with Crippen LogP contribution in [-0.4, -0.2) is 11.1 Å². The van der Waals surface area contributed by atoms with Gasteiger partial charge in [0.2, 0.25) is 5.75 Å². The van der Waals surface area contributed by atoms with Gasteiger partial charge in [-0.3, -0.25) is 10.1 Å². The first-order valence-corrected chi connectivity index (χ1v) is 3.79. The molecule has 1 aromatic rings. The molecular formula is C8H5NO5. The van der Waals surface area contributed by atoms with Crippen molar-refractivity contribution in [2.75, 3.05) is 0 Å². The summed E-state index contributed by atoms with van der Waals surface area (Å²) in [6.07, 6.45) is -0.922. The number of fused-ring (bicyclic) bond motifs is 5. The van der Waals surface area contributed by atoms with Crippen molar-refractivity contribution in [3.05, 3.63) is 33.9 Å². The molecule has 0 aromatic heterocycles. The van der Waals surface area contributed by atoms with Crippen molar-refractivity contribution in [3.63, 3.8) is 0 Å². The SMILES string of the molecule is O=C1OCc2ccc(c([N+](=O)[O-])c2)O1. The van der Waals surface area contributed by atoms with Gasteiger partial charge < -0.3 is 9.47 Å². The Morgan fingerprint density at radius 3 is 2.93 bits per heavy atom. The third kappa shape index (κ3) is 1.37. The fraction of sp³-hybridized carbons (Fsp3) is 0.125. The molecule has 0 saturated heterocycles. The van der Waals surface area contributed by atoms with Crippen LogP contribution >= 0.6 is 0 Å². The molecule has 72 valence electrons. The highest BCUT2D eigenvalue weighted by molar-refractivity contribution is 5.67. The van der Waals surface area contributed by atoms with Gasteiger partial charge in [-0.05, 0) is 11.6 Å². The van der Waals surface area contributed by atoms with Gasteiger partial charge in [-0.1, -0.05) is 6.07 Å². The average Bonchev–Trinajstić information content (AvgIpc) is 2.11. The van der Waals surface area contributed by atoms with Gasteiger partial charge in [-0.2, -0.15) is 0 Å². The Morgan fingerprint density at radius 2 is 2.21 bits per heavy atom. The second-order valence-electron chi connectivity index (χ2n) is 2.70. The van der Waals surface area contributed by atoms with E-state index in [9.17, 15) is 14.9 Å². The van der Waals surface area contributed by atoms with Gasteiger partial charge >= 0.3 is 11.8 Å². The van der Waals surface area contributed by atoms with Gasteiger partial charge in [0.1, 0.15) is 6.61 Å². The third-order valence-corrected chi connectivity index (χ3v) is 1.77. The van der Waals surface area contributed by atoms with Gasteiger partial charge in [0.05, 0.1) is 4.92 Å². The summed E-state index contributed by atoms with van der Waals surface area (Å²) in [7, 11) is 0. The molecule has 0 unspecified atom stereocenters. The van der Waals surface area contributed by atoms with Gasteiger partial charge in [-0.25, -0.2) is 4.79 Å². The van der Waals surface area contributed by atoms with Crippen LogP contribution in [0.15, 0.2) is 18.2 Å². The van der Waals surface area contributed by atoms with Crippen molar-refractivity contribution < 1.29 is 19.2 Å². The molecule has 2 aliphatic heterocycles. The molecule has 0 atom stereocenters. The van der Waals surface area contributed by atoms with E-state index in [1.807, 2.05) is 0 Å². The number of hydrogen-bond donors (Lipinski definition) is 0. The number of benzene rings is 1. The summed E-state index contributed by atoms with van der Waals surface area (Å²) in [4.78, 5) is 20.8. The third-order valence-electron chi connectivity index (χ3n) is 1.77. The summed E-state index contributed by atoms with van der Waals surface area (Å²) in [5.74, 6) is -0.0940. The highest BCUT2D eigenvalue weighted by atomic mass is 16.7. The predicted octanol–water partition coefficient (Wildman–Crippen LogP) is 1.62. The van der Waals surface area contributed by atoms with Crippen molar-refractivity contribution in [1.82, 2.24) is 0 Å². The molecule has 2 bridgehead atoms. The molecule has 0 saturated carbocycles. The molecule has 6 heteroatoms. The lowest BCUT2D eigenvalue weighted by atomic mass is 10.2. The maximum absolute atomic E-state index is 10.8. The van der Waals surface area contributed by atoms with Crippen LogP contribution in [0.3, 0.4) is 0 Å². The van der Waals surface area contributed by atoms with E-state index in [2.05, 4.69) is 9.47 Å². The molecule has 0 N–H and O–H groups in total. The Balaban J connectivity index is 2.54. The Bertz CT molecular complexity index is 414. The lowest BCUT2D eigenvalue weighted by Crippen LogP contribution is -2.14. The molecule has 2 heterocycles. The molecule has 3 rings (SSSR count). The van der Waals surface area contributed by atoms with Crippen molar-refractivity contribution in [1.29, 1.82) is 0 Å². The molecule has 14 heavy (non-hydrogen) atoms. The summed E-state index contributed by atoms with van der Waals surface area (Å²) < 4.78 is 9.21. The van der Waals surface area contributed by atoms with E-state index in [-0.39, 0.29) is 18.0 Å². The van der Waals surface area contributed by atoms with Crippen LogP contribution in [0.1, 0.15) is 5.56 Å². The number of nitro benzene ring substituents is 1. The standard InChI is InChI=1S/C8H5NO5/c10-8-13-4-5-1-2-7(14-8)6(3-5)9(11)12/h1-3H,4H2. The summed E-state index contributed by atoms with van der Waals surface area (Å²) >= 11 is 0. The van der Waals surface area contributed by atoms with Crippen molar-refractivity contribution in [3.8, 4) is 5.75 Å². The molecule has 0 fully saturated rings. The molecule has 0 amide bonds. The van der Waals surface area contributed by atoms with E-state index < -0.39 is 11.1 Å². The monoisotopic (exact) mass is 195 g/mol. The fourth-order valence-electron chi connectivity index (χ4n) is 1.14. The fourth-order valence-corrected chi connectivity index (χ4v) is 1.14. The lowest BCUT2D eigenvalue weighted by molar-refractivity contribution is -0.385. The minimum Gasteiger partial charge on any atom is -0.429 e. The van der Waals surface area contributed by atoms with Gasteiger partial charge in [0.15, 0.2) is 0 Å². The van der Waals surface area contributed by atoms with Gasteiger partial charge in [0, 0.05) is 6.07 Å². The second kappa shape index (κ2) is 2.99. The number of ether oxygens (including phenoxy) is 2. The van der Waals surface area contributed by atoms with E-state index in [0.717, 1.165) is 0 Å². The van der Waals surface area contributed by atoms with Gasteiger partial charge in [-0.15, -0.1) is 0 Å². The molecule has 1 aromatic carbocycles. The summed E-state index contributed by atoms with van der Waals surface area (Å²) in [6.45, 7) is -0.0139.